The van der Waals surface area contributed by atoms with Gasteiger partial charge >= 0.3 is 0 Å². The SMILES string of the molecule is CCc1nnc(NC(=O)CCN2CCCC2)s1. The second kappa shape index (κ2) is 6.07. The summed E-state index contributed by atoms with van der Waals surface area (Å²) in [4.78, 5) is 14.0. The van der Waals surface area contributed by atoms with Crippen molar-refractivity contribution in [1.82, 2.24) is 15.1 Å². The minimum absolute atomic E-state index is 0.0377. The average Bonchev–Trinajstić information content (AvgIpc) is 2.97. The highest BCUT2D eigenvalue weighted by Gasteiger charge is 2.13. The molecule has 0 aliphatic carbocycles. The van der Waals surface area contributed by atoms with Crippen LogP contribution in [0.25, 0.3) is 0 Å². The molecule has 0 saturated carbocycles. The number of amides is 1. The maximum Gasteiger partial charge on any atom is 0.227 e. The molecule has 1 aliphatic heterocycles. The van der Waals surface area contributed by atoms with Gasteiger partial charge in [0.25, 0.3) is 0 Å². The molecule has 0 spiro atoms. The van der Waals surface area contributed by atoms with Crippen LogP contribution in [0, 0.1) is 0 Å². The van der Waals surface area contributed by atoms with Crippen LogP contribution >= 0.6 is 11.3 Å². The molecule has 1 fully saturated rings. The smallest absolute Gasteiger partial charge is 0.227 e. The summed E-state index contributed by atoms with van der Waals surface area (Å²) in [6.45, 7) is 5.14. The molecule has 6 heteroatoms. The zero-order valence-corrected chi connectivity index (χ0v) is 10.9. The Morgan fingerprint density at radius 2 is 2.18 bits per heavy atom. The second-order valence-corrected chi connectivity index (χ2v) is 5.26. The van der Waals surface area contributed by atoms with Gasteiger partial charge in [-0.2, -0.15) is 0 Å². The molecule has 0 unspecified atom stereocenters. The van der Waals surface area contributed by atoms with Gasteiger partial charge in [-0.25, -0.2) is 0 Å². The van der Waals surface area contributed by atoms with Gasteiger partial charge in [0.1, 0.15) is 5.01 Å². The Morgan fingerprint density at radius 3 is 2.82 bits per heavy atom. The fourth-order valence-electron chi connectivity index (χ4n) is 1.89. The number of hydrogen-bond donors (Lipinski definition) is 1. The highest BCUT2D eigenvalue weighted by atomic mass is 32.1. The number of nitrogens with zero attached hydrogens (tertiary/aromatic N) is 3. The maximum absolute atomic E-state index is 11.7. The first kappa shape index (κ1) is 12.4. The van der Waals surface area contributed by atoms with E-state index in [4.69, 9.17) is 0 Å². The molecule has 2 rings (SSSR count). The van der Waals surface area contributed by atoms with E-state index in [9.17, 15) is 4.79 Å². The van der Waals surface area contributed by atoms with Gasteiger partial charge < -0.3 is 10.2 Å². The lowest BCUT2D eigenvalue weighted by Crippen LogP contribution is -2.25. The van der Waals surface area contributed by atoms with Gasteiger partial charge in [-0.3, -0.25) is 4.79 Å². The normalized spacial score (nSPS) is 16.3. The lowest BCUT2D eigenvalue weighted by molar-refractivity contribution is -0.116. The number of rotatable bonds is 5. The van der Waals surface area contributed by atoms with Crippen LogP contribution in [0.3, 0.4) is 0 Å². The Labute approximate surface area is 105 Å². The third-order valence-corrected chi connectivity index (χ3v) is 3.85. The number of hydrogen-bond acceptors (Lipinski definition) is 5. The molecule has 94 valence electrons. The largest absolute Gasteiger partial charge is 0.303 e. The first-order chi connectivity index (χ1) is 8.28. The van der Waals surface area contributed by atoms with E-state index in [1.165, 1.54) is 24.2 Å². The van der Waals surface area contributed by atoms with E-state index >= 15 is 0 Å². The number of likely N-dealkylation sites (tertiary alicyclic amines) is 1. The van der Waals surface area contributed by atoms with Crippen molar-refractivity contribution in [3.63, 3.8) is 0 Å². The third kappa shape index (κ3) is 3.74. The molecule has 0 bridgehead atoms. The van der Waals surface area contributed by atoms with Gasteiger partial charge in [-0.15, -0.1) is 10.2 Å². The number of carbonyl (C=O) groups excluding carboxylic acids is 1. The minimum atomic E-state index is 0.0377. The van der Waals surface area contributed by atoms with Gasteiger partial charge in [-0.1, -0.05) is 18.3 Å². The summed E-state index contributed by atoms with van der Waals surface area (Å²) in [5, 5.41) is 12.3. The molecule has 17 heavy (non-hydrogen) atoms. The van der Waals surface area contributed by atoms with Gasteiger partial charge in [0.15, 0.2) is 0 Å². The number of nitrogens with one attached hydrogen (secondary N) is 1. The van der Waals surface area contributed by atoms with Crippen LogP contribution in [0.15, 0.2) is 0 Å². The van der Waals surface area contributed by atoms with Crippen molar-refractivity contribution in [2.24, 2.45) is 0 Å². The molecule has 1 aromatic heterocycles. The van der Waals surface area contributed by atoms with Crippen molar-refractivity contribution in [2.75, 3.05) is 25.0 Å². The Bertz CT molecular complexity index is 373. The lowest BCUT2D eigenvalue weighted by Gasteiger charge is -2.13. The van der Waals surface area contributed by atoms with E-state index in [0.717, 1.165) is 31.1 Å². The predicted molar refractivity (Wildman–Crippen MR) is 68.2 cm³/mol. The van der Waals surface area contributed by atoms with Crippen LogP contribution in [0.1, 0.15) is 31.2 Å². The molecule has 1 N–H and O–H groups in total. The molecule has 0 aromatic carbocycles. The molecular weight excluding hydrogens is 236 g/mol. The number of aromatic nitrogens is 2. The van der Waals surface area contributed by atoms with Crippen molar-refractivity contribution in [2.45, 2.75) is 32.6 Å². The molecule has 1 aliphatic rings. The van der Waals surface area contributed by atoms with Gasteiger partial charge in [0.05, 0.1) is 0 Å². The first-order valence-electron chi connectivity index (χ1n) is 6.12. The third-order valence-electron chi connectivity index (χ3n) is 2.87. The molecule has 5 nitrogen and oxygen atoms in total. The fraction of sp³-hybridized carbons (Fsp3) is 0.727. The molecule has 1 aromatic rings. The number of anilines is 1. The van der Waals surface area contributed by atoms with Crippen LogP contribution in [0.2, 0.25) is 0 Å². The van der Waals surface area contributed by atoms with E-state index < -0.39 is 0 Å². The van der Waals surface area contributed by atoms with Crippen molar-refractivity contribution in [3.8, 4) is 0 Å². The lowest BCUT2D eigenvalue weighted by atomic mass is 10.4. The van der Waals surface area contributed by atoms with Crippen LogP contribution in [0.4, 0.5) is 5.13 Å². The molecule has 1 saturated heterocycles. The van der Waals surface area contributed by atoms with Gasteiger partial charge in [0.2, 0.25) is 11.0 Å². The van der Waals surface area contributed by atoms with Crippen molar-refractivity contribution in [1.29, 1.82) is 0 Å². The maximum atomic E-state index is 11.7. The minimum Gasteiger partial charge on any atom is -0.303 e. The van der Waals surface area contributed by atoms with E-state index in [-0.39, 0.29) is 5.91 Å². The summed E-state index contributed by atoms with van der Waals surface area (Å²) < 4.78 is 0. The Balaban J connectivity index is 1.72. The highest BCUT2D eigenvalue weighted by Crippen LogP contribution is 2.15. The first-order valence-corrected chi connectivity index (χ1v) is 6.94. The van der Waals surface area contributed by atoms with Crippen LogP contribution in [-0.2, 0) is 11.2 Å². The van der Waals surface area contributed by atoms with E-state index in [0.29, 0.717) is 11.6 Å². The van der Waals surface area contributed by atoms with Crippen LogP contribution in [-0.4, -0.2) is 40.6 Å². The van der Waals surface area contributed by atoms with E-state index in [1.54, 1.807) is 0 Å². The molecule has 2 heterocycles. The monoisotopic (exact) mass is 254 g/mol. The standard InChI is InChI=1S/C11H18N4OS/c1-2-10-13-14-11(17-10)12-9(16)5-8-15-6-3-4-7-15/h2-8H2,1H3,(H,12,14,16). The zero-order chi connectivity index (χ0) is 12.1. The van der Waals surface area contributed by atoms with Crippen molar-refractivity contribution >= 4 is 22.4 Å². The van der Waals surface area contributed by atoms with E-state index in [1.807, 2.05) is 6.92 Å². The second-order valence-electron chi connectivity index (χ2n) is 4.20. The van der Waals surface area contributed by atoms with Crippen LogP contribution < -0.4 is 5.32 Å². The number of carbonyl (C=O) groups is 1. The summed E-state index contributed by atoms with van der Waals surface area (Å²) in [7, 11) is 0. The van der Waals surface area contributed by atoms with Crippen molar-refractivity contribution in [3.05, 3.63) is 5.01 Å². The van der Waals surface area contributed by atoms with E-state index in [2.05, 4.69) is 20.4 Å². The van der Waals surface area contributed by atoms with Gasteiger partial charge in [0, 0.05) is 13.0 Å². The zero-order valence-electron chi connectivity index (χ0n) is 10.1. The average molecular weight is 254 g/mol. The summed E-state index contributed by atoms with van der Waals surface area (Å²) in [5.41, 5.74) is 0. The summed E-state index contributed by atoms with van der Waals surface area (Å²) >= 11 is 1.45. The summed E-state index contributed by atoms with van der Waals surface area (Å²) in [5.74, 6) is 0.0377. The van der Waals surface area contributed by atoms with Gasteiger partial charge in [-0.05, 0) is 32.4 Å². The van der Waals surface area contributed by atoms with Crippen LogP contribution in [0.5, 0.6) is 0 Å². The molecule has 1 amide bonds. The highest BCUT2D eigenvalue weighted by molar-refractivity contribution is 7.15. The van der Waals surface area contributed by atoms with Crippen molar-refractivity contribution < 1.29 is 4.79 Å². The topological polar surface area (TPSA) is 58.1 Å². The summed E-state index contributed by atoms with van der Waals surface area (Å²) in [6, 6.07) is 0. The number of aryl methyl sites for hydroxylation is 1. The molecule has 0 atom stereocenters. The molecular formula is C11H18N4OS. The summed E-state index contributed by atoms with van der Waals surface area (Å²) in [6.07, 6.45) is 3.93. The molecule has 0 radical (unpaired) electrons. The quantitative estimate of drug-likeness (QED) is 0.865. The predicted octanol–water partition coefficient (Wildman–Crippen LogP) is 1.52. The Hall–Kier alpha value is -1.01. The fourth-order valence-corrected chi connectivity index (χ4v) is 2.59. The Kier molecular flexibility index (Phi) is 4.44. The Morgan fingerprint density at radius 1 is 1.41 bits per heavy atom.